The molecule has 9 heteroatoms. The van der Waals surface area contributed by atoms with E-state index in [1.807, 2.05) is 13.8 Å². The van der Waals surface area contributed by atoms with Crippen LogP contribution in [0.2, 0.25) is 0 Å². The first kappa shape index (κ1) is 23.9. The molecule has 0 aromatic heterocycles. The predicted octanol–water partition coefficient (Wildman–Crippen LogP) is 3.75. The summed E-state index contributed by atoms with van der Waals surface area (Å²) in [6, 6.07) is 6.63. The molecule has 0 bridgehead atoms. The van der Waals surface area contributed by atoms with Gasteiger partial charge in [-0.25, -0.2) is 4.79 Å². The van der Waals surface area contributed by atoms with Crippen LogP contribution in [0.4, 0.5) is 13.2 Å². The van der Waals surface area contributed by atoms with E-state index in [1.54, 1.807) is 0 Å². The Morgan fingerprint density at radius 1 is 1.18 bits per heavy atom. The fraction of sp³-hybridized carbons (Fsp3) is 0.625. The first-order valence-corrected chi connectivity index (χ1v) is 11.0. The Bertz CT molecular complexity index is 978. The number of rotatable bonds is 5. The van der Waals surface area contributed by atoms with Crippen molar-refractivity contribution in [3.05, 3.63) is 35.9 Å². The standard InChI is InChI=1S/C24H27F3O6/c1-13-12-17(19-22(33-19)11-10-16(29)18(14(2)28)21(13,22)3)32-20(30)23(31-4,24(25,26)27)15-8-6-5-7-9-15/h5-9,13,17-19H,10-12H2,1-4H3/t13-,17+,18+,19-,21-,22-,23+/m0/s1. The van der Waals surface area contributed by atoms with Gasteiger partial charge in [-0.2, -0.15) is 13.2 Å². The molecule has 6 nitrogen and oxygen atoms in total. The molecule has 3 aliphatic rings. The van der Waals surface area contributed by atoms with E-state index in [4.69, 9.17) is 14.2 Å². The van der Waals surface area contributed by atoms with E-state index in [0.717, 1.165) is 19.2 Å². The molecule has 180 valence electrons. The number of benzene rings is 1. The fourth-order valence-corrected chi connectivity index (χ4v) is 6.29. The molecule has 0 amide bonds. The number of halogens is 3. The number of hydrogen-bond acceptors (Lipinski definition) is 6. The average molecular weight is 468 g/mol. The maximum absolute atomic E-state index is 14.2. The molecule has 1 saturated heterocycles. The molecule has 1 heterocycles. The second-order valence-electron chi connectivity index (χ2n) is 9.55. The van der Waals surface area contributed by atoms with Crippen molar-refractivity contribution in [1.29, 1.82) is 0 Å². The number of ether oxygens (including phenoxy) is 3. The van der Waals surface area contributed by atoms with Gasteiger partial charge in [0, 0.05) is 24.5 Å². The van der Waals surface area contributed by atoms with Crippen molar-refractivity contribution in [2.24, 2.45) is 17.3 Å². The number of ketones is 2. The summed E-state index contributed by atoms with van der Waals surface area (Å²) in [5.74, 6) is -3.12. The number of carbonyl (C=O) groups is 3. The molecule has 2 saturated carbocycles. The van der Waals surface area contributed by atoms with Crippen molar-refractivity contribution in [2.75, 3.05) is 7.11 Å². The summed E-state index contributed by atoms with van der Waals surface area (Å²) in [5.41, 5.74) is -5.38. The van der Waals surface area contributed by atoms with Crippen LogP contribution in [0.5, 0.6) is 0 Å². The number of Topliss-reactive ketones (excluding diaryl/α,β-unsaturated/α-hetero) is 2. The van der Waals surface area contributed by atoms with Crippen molar-refractivity contribution >= 4 is 17.5 Å². The third kappa shape index (κ3) is 3.11. The quantitative estimate of drug-likeness (QED) is 0.372. The summed E-state index contributed by atoms with van der Waals surface area (Å²) in [7, 11) is 0.821. The topological polar surface area (TPSA) is 82.2 Å². The lowest BCUT2D eigenvalue weighted by Crippen LogP contribution is -2.61. The highest BCUT2D eigenvalue weighted by molar-refractivity contribution is 6.03. The molecule has 4 rings (SSSR count). The van der Waals surface area contributed by atoms with E-state index in [1.165, 1.54) is 25.1 Å². The zero-order valence-electron chi connectivity index (χ0n) is 18.9. The Balaban J connectivity index is 1.66. The molecule has 1 aliphatic heterocycles. The van der Waals surface area contributed by atoms with Crippen molar-refractivity contribution in [1.82, 2.24) is 0 Å². The zero-order valence-corrected chi connectivity index (χ0v) is 18.9. The molecule has 0 unspecified atom stereocenters. The van der Waals surface area contributed by atoms with E-state index in [0.29, 0.717) is 6.42 Å². The lowest BCUT2D eigenvalue weighted by atomic mass is 9.49. The SMILES string of the molecule is CO[C@@](C(=O)O[C@@H]1C[C@H](C)[C@@]2(C)[C@H](C(C)=O)C(=O)CC[C@@]23O[C@@H]13)(c1ccccc1)C(F)(F)F. The molecule has 7 atom stereocenters. The first-order chi connectivity index (χ1) is 15.4. The van der Waals surface area contributed by atoms with E-state index >= 15 is 0 Å². The number of hydrogen-bond donors (Lipinski definition) is 0. The molecule has 1 aromatic carbocycles. The summed E-state index contributed by atoms with van der Waals surface area (Å²) in [5, 5.41) is 0. The summed E-state index contributed by atoms with van der Waals surface area (Å²) in [6.07, 6.45) is -6.08. The zero-order chi connectivity index (χ0) is 24.4. The first-order valence-electron chi connectivity index (χ1n) is 11.0. The van der Waals surface area contributed by atoms with Crippen LogP contribution in [0, 0.1) is 17.3 Å². The number of alkyl halides is 3. The average Bonchev–Trinajstić information content (AvgIpc) is 3.47. The van der Waals surface area contributed by atoms with Gasteiger partial charge in [0.1, 0.15) is 29.4 Å². The number of methoxy groups -OCH3 is 1. The number of epoxide rings is 1. The third-order valence-electron chi connectivity index (χ3n) is 8.10. The van der Waals surface area contributed by atoms with Gasteiger partial charge in [0.05, 0.1) is 5.92 Å². The second kappa shape index (κ2) is 7.63. The molecule has 2 aliphatic carbocycles. The van der Waals surface area contributed by atoms with E-state index in [2.05, 4.69) is 0 Å². The van der Waals surface area contributed by atoms with Crippen LogP contribution in [0.3, 0.4) is 0 Å². The van der Waals surface area contributed by atoms with Gasteiger partial charge in [-0.15, -0.1) is 0 Å². The van der Waals surface area contributed by atoms with Gasteiger partial charge in [-0.05, 0) is 25.7 Å². The molecular formula is C24H27F3O6. The van der Waals surface area contributed by atoms with Gasteiger partial charge < -0.3 is 14.2 Å². The maximum atomic E-state index is 14.2. The van der Waals surface area contributed by atoms with Crippen LogP contribution >= 0.6 is 0 Å². The highest BCUT2D eigenvalue weighted by atomic mass is 19.4. The van der Waals surface area contributed by atoms with Crippen molar-refractivity contribution < 1.29 is 41.8 Å². The smallest absolute Gasteiger partial charge is 0.432 e. The maximum Gasteiger partial charge on any atom is 0.432 e. The normalized spacial score (nSPS) is 37.4. The second-order valence-corrected chi connectivity index (χ2v) is 9.55. The van der Waals surface area contributed by atoms with Crippen LogP contribution in [0.15, 0.2) is 30.3 Å². The van der Waals surface area contributed by atoms with Gasteiger partial charge in [0.15, 0.2) is 0 Å². The summed E-state index contributed by atoms with van der Waals surface area (Å²) < 4.78 is 59.0. The molecule has 1 spiro atoms. The van der Waals surface area contributed by atoms with Gasteiger partial charge in [0.25, 0.3) is 5.60 Å². The summed E-state index contributed by atoms with van der Waals surface area (Å²) in [6.45, 7) is 5.02. The van der Waals surface area contributed by atoms with Crippen LogP contribution in [0.1, 0.15) is 45.6 Å². The molecule has 0 N–H and O–H groups in total. The van der Waals surface area contributed by atoms with E-state index in [-0.39, 0.29) is 35.9 Å². The van der Waals surface area contributed by atoms with E-state index in [9.17, 15) is 27.6 Å². The van der Waals surface area contributed by atoms with Crippen molar-refractivity contribution in [3.8, 4) is 0 Å². The molecule has 0 radical (unpaired) electrons. The van der Waals surface area contributed by atoms with Gasteiger partial charge in [-0.3, -0.25) is 9.59 Å². The van der Waals surface area contributed by atoms with Gasteiger partial charge in [-0.1, -0.05) is 44.2 Å². The van der Waals surface area contributed by atoms with E-state index < -0.39 is 46.9 Å². The fourth-order valence-electron chi connectivity index (χ4n) is 6.29. The lowest BCUT2D eigenvalue weighted by molar-refractivity contribution is -0.279. The van der Waals surface area contributed by atoms with Gasteiger partial charge >= 0.3 is 12.1 Å². The number of esters is 1. The molecule has 33 heavy (non-hydrogen) atoms. The molecule has 1 aromatic rings. The third-order valence-corrected chi connectivity index (χ3v) is 8.10. The highest BCUT2D eigenvalue weighted by Crippen LogP contribution is 2.68. The minimum atomic E-state index is -5.08. The largest absolute Gasteiger partial charge is 0.457 e. The minimum absolute atomic E-state index is 0.137. The Hall–Kier alpha value is -2.26. The Kier molecular flexibility index (Phi) is 5.52. The minimum Gasteiger partial charge on any atom is -0.457 e. The van der Waals surface area contributed by atoms with Crippen LogP contribution < -0.4 is 0 Å². The monoisotopic (exact) mass is 468 g/mol. The Labute approximate surface area is 189 Å². The van der Waals surface area contributed by atoms with Crippen LogP contribution in [0.25, 0.3) is 0 Å². The molecule has 3 fully saturated rings. The summed E-state index contributed by atoms with van der Waals surface area (Å²) >= 11 is 0. The van der Waals surface area contributed by atoms with Crippen molar-refractivity contribution in [2.45, 2.75) is 69.6 Å². The highest BCUT2D eigenvalue weighted by Gasteiger charge is 2.79. The van der Waals surface area contributed by atoms with Crippen LogP contribution in [-0.2, 0) is 34.2 Å². The van der Waals surface area contributed by atoms with Gasteiger partial charge in [0.2, 0.25) is 0 Å². The Morgan fingerprint density at radius 3 is 2.36 bits per heavy atom. The lowest BCUT2D eigenvalue weighted by Gasteiger charge is -2.51. The molecular weight excluding hydrogens is 441 g/mol. The summed E-state index contributed by atoms with van der Waals surface area (Å²) in [4.78, 5) is 38.1. The Morgan fingerprint density at radius 2 is 1.82 bits per heavy atom. The van der Waals surface area contributed by atoms with Crippen LogP contribution in [-0.4, -0.2) is 48.6 Å². The number of carbonyl (C=O) groups excluding carboxylic acids is 3. The van der Waals surface area contributed by atoms with Crippen molar-refractivity contribution in [3.63, 3.8) is 0 Å². The predicted molar refractivity (Wildman–Crippen MR) is 109 cm³/mol.